The molecule has 1 aromatic carbocycles. The van der Waals surface area contributed by atoms with Crippen LogP contribution in [0.2, 0.25) is 0 Å². The first-order valence-corrected chi connectivity index (χ1v) is 12.4. The Hall–Kier alpha value is -2.88. The molecular weight excluding hydrogens is 485 g/mol. The highest BCUT2D eigenvalue weighted by atomic mass is 19.4. The summed E-state index contributed by atoms with van der Waals surface area (Å²) in [4.78, 5) is 35.5. The fraction of sp³-hybridized carbons (Fsp3) is 0.593. The molecule has 37 heavy (non-hydrogen) atoms. The molecule has 1 aromatic rings. The molecule has 0 radical (unpaired) electrons. The highest BCUT2D eigenvalue weighted by Crippen LogP contribution is 2.42. The third-order valence-electron chi connectivity index (χ3n) is 7.33. The van der Waals surface area contributed by atoms with Gasteiger partial charge in [-0.15, -0.1) is 0 Å². The van der Waals surface area contributed by atoms with Crippen LogP contribution in [-0.4, -0.2) is 85.3 Å². The summed E-state index contributed by atoms with van der Waals surface area (Å²) in [6.07, 6.45) is 0.603. The molecule has 0 aromatic heterocycles. The monoisotopic (exact) mass is 524 g/mol. The Morgan fingerprint density at radius 3 is 2.03 bits per heavy atom. The van der Waals surface area contributed by atoms with Crippen LogP contribution in [0.5, 0.6) is 0 Å². The van der Waals surface area contributed by atoms with Crippen LogP contribution in [0.3, 0.4) is 0 Å². The number of hydrogen-bond acceptors (Lipinski definition) is 5. The fourth-order valence-corrected chi connectivity index (χ4v) is 5.62. The lowest BCUT2D eigenvalue weighted by molar-refractivity contribution is -0.110. The second kappa shape index (κ2) is 12.6. The van der Waals surface area contributed by atoms with Gasteiger partial charge in [0.05, 0.1) is 5.54 Å². The average Bonchev–Trinajstić information content (AvgIpc) is 3.21. The minimum atomic E-state index is -4.00. The quantitative estimate of drug-likeness (QED) is 0.629. The lowest BCUT2D eigenvalue weighted by Gasteiger charge is -2.57. The summed E-state index contributed by atoms with van der Waals surface area (Å²) in [5.74, 6) is 0. The Kier molecular flexibility index (Phi) is 10.3. The van der Waals surface area contributed by atoms with Crippen molar-refractivity contribution >= 4 is 19.6 Å². The summed E-state index contributed by atoms with van der Waals surface area (Å²) < 4.78 is 31.1. The van der Waals surface area contributed by atoms with Crippen LogP contribution in [0, 0.1) is 12.3 Å². The van der Waals surface area contributed by atoms with E-state index >= 15 is 0 Å². The van der Waals surface area contributed by atoms with Crippen LogP contribution < -0.4 is 5.32 Å². The molecule has 0 unspecified atom stereocenters. The average molecular weight is 525 g/mol. The molecule has 4 saturated heterocycles. The number of amides is 2. The molecule has 7 nitrogen and oxygen atoms in total. The number of carbonyl (C=O) groups excluding carboxylic acids is 3. The molecule has 4 aliphatic rings. The van der Waals surface area contributed by atoms with Crippen molar-refractivity contribution in [2.75, 3.05) is 39.3 Å². The summed E-state index contributed by atoms with van der Waals surface area (Å²) in [6, 6.07) is 9.09. The maximum absolute atomic E-state index is 12.8. The van der Waals surface area contributed by atoms with Gasteiger partial charge in [-0.2, -0.15) is 13.2 Å². The Morgan fingerprint density at radius 2 is 1.54 bits per heavy atom. The molecule has 2 spiro atoms. The van der Waals surface area contributed by atoms with E-state index in [1.807, 2.05) is 18.5 Å². The zero-order valence-electron chi connectivity index (χ0n) is 21.9. The van der Waals surface area contributed by atoms with Gasteiger partial charge in [-0.1, -0.05) is 36.4 Å². The van der Waals surface area contributed by atoms with E-state index in [9.17, 15) is 18.0 Å². The van der Waals surface area contributed by atoms with Gasteiger partial charge in [0.2, 0.25) is 0 Å². The zero-order chi connectivity index (χ0) is 27.9. The highest BCUT2D eigenvalue weighted by Gasteiger charge is 2.52. The van der Waals surface area contributed by atoms with Gasteiger partial charge < -0.3 is 24.7 Å². The Labute approximate surface area is 217 Å². The van der Waals surface area contributed by atoms with Gasteiger partial charge >= 0.3 is 12.2 Å². The normalized spacial score (nSPS) is 21.2. The van der Waals surface area contributed by atoms with Gasteiger partial charge in [0.25, 0.3) is 0 Å². The van der Waals surface area contributed by atoms with Crippen LogP contribution in [-0.2, 0) is 16.1 Å². The van der Waals surface area contributed by atoms with Gasteiger partial charge in [0.15, 0.2) is 0 Å². The van der Waals surface area contributed by atoms with E-state index in [1.165, 1.54) is 24.0 Å². The first-order valence-electron chi connectivity index (χ1n) is 12.4. The maximum atomic E-state index is 12.8. The zero-order valence-corrected chi connectivity index (χ0v) is 21.9. The van der Waals surface area contributed by atoms with Crippen LogP contribution in [0.15, 0.2) is 36.5 Å². The molecule has 4 aliphatic heterocycles. The molecule has 5 rings (SSSR count). The van der Waals surface area contributed by atoms with E-state index in [1.54, 1.807) is 0 Å². The Morgan fingerprint density at radius 1 is 1.00 bits per heavy atom. The molecule has 0 bridgehead atoms. The topological polar surface area (TPSA) is 73.0 Å². The van der Waals surface area contributed by atoms with E-state index in [2.05, 4.69) is 52.9 Å². The molecule has 10 heteroatoms. The lowest BCUT2D eigenvalue weighted by Crippen LogP contribution is -2.72. The largest absolute Gasteiger partial charge is 0.386 e. The number of urea groups is 1. The van der Waals surface area contributed by atoms with Crippen molar-refractivity contribution in [2.45, 2.75) is 57.8 Å². The van der Waals surface area contributed by atoms with Crippen molar-refractivity contribution in [3.63, 3.8) is 0 Å². The SMILES string of the molecule is C=C1CCC2(CN(C(=O)N3CC4(CCN(Cc5cccc(C)c5)CC4)C3)C2)N1.C=O.C=O.CC(F)(F)F. The maximum Gasteiger partial charge on any atom is 0.386 e. The lowest BCUT2D eigenvalue weighted by atomic mass is 9.72. The second-order valence-corrected chi connectivity index (χ2v) is 10.6. The molecule has 0 saturated carbocycles. The van der Waals surface area contributed by atoms with Crippen molar-refractivity contribution < 1.29 is 27.6 Å². The van der Waals surface area contributed by atoms with Crippen LogP contribution >= 0.6 is 0 Å². The summed E-state index contributed by atoms with van der Waals surface area (Å²) >= 11 is 0. The number of nitrogens with one attached hydrogen (secondary N) is 1. The van der Waals surface area contributed by atoms with E-state index < -0.39 is 6.18 Å². The molecule has 4 heterocycles. The van der Waals surface area contributed by atoms with E-state index in [0.29, 0.717) is 5.41 Å². The van der Waals surface area contributed by atoms with Crippen molar-refractivity contribution in [1.29, 1.82) is 0 Å². The summed E-state index contributed by atoms with van der Waals surface area (Å²) in [5, 5.41) is 3.50. The number of carbonyl (C=O) groups is 3. The van der Waals surface area contributed by atoms with Gasteiger partial charge in [-0.25, -0.2) is 4.79 Å². The standard InChI is InChI=1S/C23H32N4O.C2H3F3.2CH2O/c1-18-4-3-5-20(12-18)13-25-10-8-22(9-11-25)14-26(15-22)21(28)27-16-23(17-27)7-6-19(2)24-23;1-2(3,4)5;2*1-2/h3-5,12,24H,2,6-11,13-17H2,1H3;1H3;2*1H2. The number of halogens is 3. The van der Waals surface area contributed by atoms with Crippen molar-refractivity contribution in [2.24, 2.45) is 5.41 Å². The molecule has 1 N–H and O–H groups in total. The number of rotatable bonds is 2. The number of alkyl halides is 3. The Balaban J connectivity index is 0.000000473. The van der Waals surface area contributed by atoms with Crippen LogP contribution in [0.25, 0.3) is 0 Å². The van der Waals surface area contributed by atoms with Gasteiger partial charge in [0, 0.05) is 50.8 Å². The molecular formula is C27H39F3N4O3. The number of allylic oxidation sites excluding steroid dienone is 1. The van der Waals surface area contributed by atoms with E-state index in [0.717, 1.165) is 64.4 Å². The predicted octanol–water partition coefficient (Wildman–Crippen LogP) is 4.16. The summed E-state index contributed by atoms with van der Waals surface area (Å²) in [5.41, 5.74) is 4.39. The van der Waals surface area contributed by atoms with Gasteiger partial charge in [-0.05, 0) is 51.3 Å². The van der Waals surface area contributed by atoms with Crippen LogP contribution in [0.4, 0.5) is 18.0 Å². The van der Waals surface area contributed by atoms with E-state index in [-0.39, 0.29) is 18.5 Å². The fourth-order valence-electron chi connectivity index (χ4n) is 5.62. The minimum absolute atomic E-state index is 0.135. The highest BCUT2D eigenvalue weighted by molar-refractivity contribution is 5.77. The predicted molar refractivity (Wildman–Crippen MR) is 137 cm³/mol. The molecule has 2 amide bonds. The third kappa shape index (κ3) is 8.31. The number of aryl methyl sites for hydroxylation is 1. The first-order chi connectivity index (χ1) is 17.4. The molecule has 0 aliphatic carbocycles. The second-order valence-electron chi connectivity index (χ2n) is 10.6. The smallest absolute Gasteiger partial charge is 0.380 e. The number of nitrogens with zero attached hydrogens (tertiary/aromatic N) is 3. The Bertz CT molecular complexity index is 910. The molecule has 206 valence electrons. The minimum Gasteiger partial charge on any atom is -0.380 e. The molecule has 4 fully saturated rings. The summed E-state index contributed by atoms with van der Waals surface area (Å²) in [7, 11) is 0. The van der Waals surface area contributed by atoms with Crippen molar-refractivity contribution in [3.8, 4) is 0 Å². The number of piperidine rings is 1. The van der Waals surface area contributed by atoms with Crippen LogP contribution in [0.1, 0.15) is 43.7 Å². The number of benzene rings is 1. The third-order valence-corrected chi connectivity index (χ3v) is 7.33. The number of hydrogen-bond donors (Lipinski definition) is 1. The van der Waals surface area contributed by atoms with Crippen molar-refractivity contribution in [3.05, 3.63) is 47.7 Å². The van der Waals surface area contributed by atoms with Crippen molar-refractivity contribution in [1.82, 2.24) is 20.0 Å². The van der Waals surface area contributed by atoms with Gasteiger partial charge in [0.1, 0.15) is 13.6 Å². The molecule has 0 atom stereocenters. The summed E-state index contributed by atoms with van der Waals surface area (Å²) in [6.45, 7) is 17.3. The van der Waals surface area contributed by atoms with E-state index in [4.69, 9.17) is 9.59 Å². The van der Waals surface area contributed by atoms with Gasteiger partial charge in [-0.3, -0.25) is 4.90 Å². The number of likely N-dealkylation sites (tertiary alicyclic amines) is 3. The first kappa shape index (κ1) is 30.3.